The lowest BCUT2D eigenvalue weighted by atomic mass is 10.0. The Morgan fingerprint density at radius 2 is 1.48 bits per heavy atom. The Bertz CT molecular complexity index is 1090. The highest BCUT2D eigenvalue weighted by atomic mass is 79.9. The minimum Gasteiger partial charge on any atom is -0.322 e. The predicted octanol–water partition coefficient (Wildman–Crippen LogP) is 5.84. The summed E-state index contributed by atoms with van der Waals surface area (Å²) in [6.45, 7) is 0. The van der Waals surface area contributed by atoms with Gasteiger partial charge in [0.2, 0.25) is 0 Å². The second-order valence-electron chi connectivity index (χ2n) is 6.32. The third-order valence-corrected chi connectivity index (χ3v) is 5.17. The third-order valence-electron chi connectivity index (χ3n) is 4.48. The highest BCUT2D eigenvalue weighted by Gasteiger charge is 2.11. The lowest BCUT2D eigenvalue weighted by Crippen LogP contribution is -2.12. The van der Waals surface area contributed by atoms with Gasteiger partial charge in [-0.25, -0.2) is 0 Å². The molecular formula is C23H17BrN2O. The van der Waals surface area contributed by atoms with E-state index in [1.165, 1.54) is 11.1 Å². The number of carbonyl (C=O) groups excluding carboxylic acids is 1. The summed E-state index contributed by atoms with van der Waals surface area (Å²) in [5, 5.41) is 4.95. The van der Waals surface area contributed by atoms with Crippen molar-refractivity contribution in [1.29, 1.82) is 0 Å². The first-order chi connectivity index (χ1) is 13.2. The van der Waals surface area contributed by atoms with Crippen LogP contribution in [-0.4, -0.2) is 10.9 Å². The molecule has 0 atom stereocenters. The lowest BCUT2D eigenvalue weighted by Gasteiger charge is -2.10. The monoisotopic (exact) mass is 416 g/mol. The highest BCUT2D eigenvalue weighted by molar-refractivity contribution is 9.10. The molecule has 4 aromatic rings. The fraction of sp³-hybridized carbons (Fsp3) is 0.0435. The van der Waals surface area contributed by atoms with Gasteiger partial charge in [-0.15, -0.1) is 0 Å². The zero-order chi connectivity index (χ0) is 18.6. The highest BCUT2D eigenvalue weighted by Crippen LogP contribution is 2.27. The van der Waals surface area contributed by atoms with Crippen molar-refractivity contribution >= 4 is 38.3 Å². The standard InChI is InChI=1S/C23H17BrN2O/c24-22-6-2-3-19-20(22)4-1-5-21(19)23(27)26-18-9-7-16(8-10-18)15-17-11-13-25-14-12-17/h1-14H,15H2,(H,26,27). The number of pyridine rings is 1. The Kier molecular flexibility index (Phi) is 4.99. The summed E-state index contributed by atoms with van der Waals surface area (Å²) in [4.78, 5) is 16.8. The SMILES string of the molecule is O=C(Nc1ccc(Cc2ccncc2)cc1)c1cccc2c(Br)cccc12. The normalized spacial score (nSPS) is 10.7. The van der Waals surface area contributed by atoms with Crippen molar-refractivity contribution in [3.05, 3.63) is 106 Å². The number of aromatic nitrogens is 1. The van der Waals surface area contributed by atoms with Crippen LogP contribution in [-0.2, 0) is 6.42 Å². The fourth-order valence-electron chi connectivity index (χ4n) is 3.11. The first-order valence-electron chi connectivity index (χ1n) is 8.67. The molecule has 27 heavy (non-hydrogen) atoms. The largest absolute Gasteiger partial charge is 0.322 e. The lowest BCUT2D eigenvalue weighted by molar-refractivity contribution is 0.102. The Hall–Kier alpha value is -2.98. The quantitative estimate of drug-likeness (QED) is 0.453. The summed E-state index contributed by atoms with van der Waals surface area (Å²) >= 11 is 3.55. The van der Waals surface area contributed by atoms with Gasteiger partial charge in [0.25, 0.3) is 5.91 Å². The maximum Gasteiger partial charge on any atom is 0.256 e. The number of nitrogens with one attached hydrogen (secondary N) is 1. The molecule has 0 aliphatic rings. The summed E-state index contributed by atoms with van der Waals surface area (Å²) in [7, 11) is 0. The first-order valence-corrected chi connectivity index (χ1v) is 9.46. The van der Waals surface area contributed by atoms with Crippen molar-refractivity contribution in [2.75, 3.05) is 5.32 Å². The number of hydrogen-bond acceptors (Lipinski definition) is 2. The molecule has 0 saturated carbocycles. The second-order valence-corrected chi connectivity index (χ2v) is 7.18. The Morgan fingerprint density at radius 3 is 2.26 bits per heavy atom. The molecule has 0 saturated heterocycles. The molecule has 132 valence electrons. The van der Waals surface area contributed by atoms with Crippen molar-refractivity contribution in [3.63, 3.8) is 0 Å². The fourth-order valence-corrected chi connectivity index (χ4v) is 3.61. The van der Waals surface area contributed by atoms with E-state index in [4.69, 9.17) is 0 Å². The van der Waals surface area contributed by atoms with E-state index in [1.54, 1.807) is 12.4 Å². The molecule has 0 aliphatic heterocycles. The van der Waals surface area contributed by atoms with E-state index in [-0.39, 0.29) is 5.91 Å². The Balaban J connectivity index is 1.53. The van der Waals surface area contributed by atoms with E-state index >= 15 is 0 Å². The maximum absolute atomic E-state index is 12.8. The molecule has 1 heterocycles. The van der Waals surface area contributed by atoms with Gasteiger partial charge in [0.1, 0.15) is 0 Å². The van der Waals surface area contributed by atoms with Crippen molar-refractivity contribution in [2.45, 2.75) is 6.42 Å². The number of hydrogen-bond donors (Lipinski definition) is 1. The Morgan fingerprint density at radius 1 is 0.815 bits per heavy atom. The first kappa shape index (κ1) is 17.4. The maximum atomic E-state index is 12.8. The number of carbonyl (C=O) groups is 1. The predicted molar refractivity (Wildman–Crippen MR) is 113 cm³/mol. The van der Waals surface area contributed by atoms with Crippen LogP contribution < -0.4 is 5.32 Å². The number of rotatable bonds is 4. The average molecular weight is 417 g/mol. The zero-order valence-corrected chi connectivity index (χ0v) is 16.1. The van der Waals surface area contributed by atoms with Gasteiger partial charge in [-0.05, 0) is 64.7 Å². The molecule has 0 aliphatic carbocycles. The molecule has 0 unspecified atom stereocenters. The number of amides is 1. The third kappa shape index (κ3) is 3.91. The van der Waals surface area contributed by atoms with Gasteiger partial charge in [0.05, 0.1) is 0 Å². The molecular weight excluding hydrogens is 400 g/mol. The second kappa shape index (κ2) is 7.72. The summed E-state index contributed by atoms with van der Waals surface area (Å²) in [6.07, 6.45) is 4.44. The van der Waals surface area contributed by atoms with E-state index in [1.807, 2.05) is 72.8 Å². The van der Waals surface area contributed by atoms with Crippen LogP contribution in [0.25, 0.3) is 10.8 Å². The van der Waals surface area contributed by atoms with Crippen molar-refractivity contribution in [1.82, 2.24) is 4.98 Å². The summed E-state index contributed by atoms with van der Waals surface area (Å²) in [5.74, 6) is -0.111. The molecule has 4 heteroatoms. The molecule has 1 amide bonds. The Labute approximate surface area is 166 Å². The number of anilines is 1. The topological polar surface area (TPSA) is 42.0 Å². The van der Waals surface area contributed by atoms with Crippen LogP contribution in [0.1, 0.15) is 21.5 Å². The summed E-state index contributed by atoms with van der Waals surface area (Å²) in [6, 6.07) is 23.6. The smallest absolute Gasteiger partial charge is 0.256 e. The van der Waals surface area contributed by atoms with Gasteiger partial charge in [0, 0.05) is 28.1 Å². The molecule has 0 bridgehead atoms. The minimum atomic E-state index is -0.111. The van der Waals surface area contributed by atoms with Gasteiger partial charge in [-0.2, -0.15) is 0 Å². The van der Waals surface area contributed by atoms with Crippen LogP contribution in [0, 0.1) is 0 Å². The molecule has 0 spiro atoms. The van der Waals surface area contributed by atoms with Crippen LogP contribution in [0.15, 0.2) is 89.7 Å². The van der Waals surface area contributed by atoms with Crippen molar-refractivity contribution in [3.8, 4) is 0 Å². The number of halogens is 1. The molecule has 0 radical (unpaired) electrons. The zero-order valence-electron chi connectivity index (χ0n) is 14.5. The summed E-state index contributed by atoms with van der Waals surface area (Å²) in [5.41, 5.74) is 3.84. The van der Waals surface area contributed by atoms with Crippen LogP contribution in [0.5, 0.6) is 0 Å². The molecule has 1 N–H and O–H groups in total. The summed E-state index contributed by atoms with van der Waals surface area (Å²) < 4.78 is 0.982. The van der Waals surface area contributed by atoms with Gasteiger partial charge in [0.15, 0.2) is 0 Å². The van der Waals surface area contributed by atoms with E-state index in [2.05, 4.69) is 26.2 Å². The van der Waals surface area contributed by atoms with Gasteiger partial charge < -0.3 is 5.32 Å². The minimum absolute atomic E-state index is 0.111. The van der Waals surface area contributed by atoms with Gasteiger partial charge >= 0.3 is 0 Å². The van der Waals surface area contributed by atoms with Crippen LogP contribution in [0.3, 0.4) is 0 Å². The van der Waals surface area contributed by atoms with Crippen LogP contribution in [0.4, 0.5) is 5.69 Å². The number of benzene rings is 3. The number of fused-ring (bicyclic) bond motifs is 1. The van der Waals surface area contributed by atoms with Crippen molar-refractivity contribution < 1.29 is 4.79 Å². The van der Waals surface area contributed by atoms with Crippen LogP contribution >= 0.6 is 15.9 Å². The van der Waals surface area contributed by atoms with Crippen molar-refractivity contribution in [2.24, 2.45) is 0 Å². The van der Waals surface area contributed by atoms with Gasteiger partial charge in [-0.1, -0.05) is 52.3 Å². The number of nitrogens with zero attached hydrogens (tertiary/aromatic N) is 1. The molecule has 3 nitrogen and oxygen atoms in total. The van der Waals surface area contributed by atoms with Crippen LogP contribution in [0.2, 0.25) is 0 Å². The molecule has 1 aromatic heterocycles. The van der Waals surface area contributed by atoms with E-state index in [9.17, 15) is 4.79 Å². The van der Waals surface area contributed by atoms with Gasteiger partial charge in [-0.3, -0.25) is 9.78 Å². The van der Waals surface area contributed by atoms with E-state index in [0.29, 0.717) is 5.56 Å². The van der Waals surface area contributed by atoms with E-state index in [0.717, 1.165) is 27.4 Å². The molecule has 4 rings (SSSR count). The molecule has 3 aromatic carbocycles. The van der Waals surface area contributed by atoms with E-state index < -0.39 is 0 Å². The molecule has 0 fully saturated rings. The average Bonchev–Trinajstić information content (AvgIpc) is 2.70.